The molecule has 2 heterocycles. The van der Waals surface area contributed by atoms with Gasteiger partial charge in [0.2, 0.25) is 5.95 Å². The van der Waals surface area contributed by atoms with Gasteiger partial charge in [-0.15, -0.1) is 0 Å². The molecule has 19 heavy (non-hydrogen) atoms. The highest BCUT2D eigenvalue weighted by Gasteiger charge is 2.13. The fourth-order valence-electron chi connectivity index (χ4n) is 2.10. The van der Waals surface area contributed by atoms with Crippen LogP contribution in [-0.4, -0.2) is 26.1 Å². The van der Waals surface area contributed by atoms with Crippen LogP contribution in [0.15, 0.2) is 36.7 Å². The number of aryl methyl sites for hydroxylation is 1. The molecule has 0 aliphatic heterocycles. The van der Waals surface area contributed by atoms with Gasteiger partial charge in [0.15, 0.2) is 0 Å². The van der Waals surface area contributed by atoms with Crippen LogP contribution in [0.1, 0.15) is 11.4 Å². The molecular formula is C14H15N5. The average molecular weight is 253 g/mol. The van der Waals surface area contributed by atoms with Gasteiger partial charge in [-0.25, -0.2) is 15.0 Å². The van der Waals surface area contributed by atoms with Crippen LogP contribution in [0.5, 0.6) is 0 Å². The van der Waals surface area contributed by atoms with Gasteiger partial charge in [-0.2, -0.15) is 0 Å². The second-order valence-corrected chi connectivity index (χ2v) is 4.45. The Hall–Kier alpha value is -2.27. The number of para-hydroxylation sites is 2. The first-order chi connectivity index (χ1) is 9.29. The minimum Gasteiger partial charge on any atom is -0.330 e. The Morgan fingerprint density at radius 1 is 1.16 bits per heavy atom. The summed E-state index contributed by atoms with van der Waals surface area (Å²) < 4.78 is 1.97. The summed E-state index contributed by atoms with van der Waals surface area (Å²) in [5.41, 5.74) is 8.64. The lowest BCUT2D eigenvalue weighted by atomic mass is 10.3. The molecule has 1 aromatic carbocycles. The van der Waals surface area contributed by atoms with Gasteiger partial charge in [0, 0.05) is 18.8 Å². The molecule has 0 radical (unpaired) electrons. The maximum Gasteiger partial charge on any atom is 0.235 e. The minimum atomic E-state index is 0.551. The van der Waals surface area contributed by atoms with Crippen LogP contribution in [0.4, 0.5) is 0 Å². The second-order valence-electron chi connectivity index (χ2n) is 4.45. The lowest BCUT2D eigenvalue weighted by molar-refractivity contribution is 0.814. The van der Waals surface area contributed by atoms with Gasteiger partial charge in [0.25, 0.3) is 0 Å². The maximum absolute atomic E-state index is 5.66. The molecule has 0 fully saturated rings. The molecule has 0 unspecified atom stereocenters. The zero-order valence-electron chi connectivity index (χ0n) is 10.7. The zero-order valence-corrected chi connectivity index (χ0v) is 10.7. The summed E-state index contributed by atoms with van der Waals surface area (Å²) in [5.74, 6) is 1.54. The number of hydrogen-bond acceptors (Lipinski definition) is 4. The first-order valence-electron chi connectivity index (χ1n) is 6.25. The normalized spacial score (nSPS) is 11.1. The number of rotatable bonds is 3. The molecule has 3 rings (SSSR count). The van der Waals surface area contributed by atoms with E-state index in [0.29, 0.717) is 18.9 Å². The Balaban J connectivity index is 2.24. The largest absolute Gasteiger partial charge is 0.330 e. The number of nitrogens with two attached hydrogens (primary N) is 1. The molecular weight excluding hydrogens is 238 g/mol. The first-order valence-corrected chi connectivity index (χ1v) is 6.25. The molecule has 96 valence electrons. The molecule has 0 spiro atoms. The first kappa shape index (κ1) is 11.8. The van der Waals surface area contributed by atoms with Crippen LogP contribution in [0.25, 0.3) is 17.0 Å². The summed E-state index contributed by atoms with van der Waals surface area (Å²) in [7, 11) is 0. The standard InChI is InChI=1S/C14H15N5/c1-10-8-16-14(17-9-10)19-12-5-3-2-4-11(12)18-13(19)6-7-15/h2-5,8-9H,6-7,15H2,1H3. The molecule has 5 heteroatoms. The maximum atomic E-state index is 5.66. The highest BCUT2D eigenvalue weighted by Crippen LogP contribution is 2.19. The number of fused-ring (bicyclic) bond motifs is 1. The van der Waals surface area contributed by atoms with E-state index in [1.165, 1.54) is 0 Å². The van der Waals surface area contributed by atoms with E-state index in [-0.39, 0.29) is 0 Å². The summed E-state index contributed by atoms with van der Waals surface area (Å²) in [6.45, 7) is 2.52. The van der Waals surface area contributed by atoms with E-state index >= 15 is 0 Å². The Bertz CT molecular complexity index is 699. The molecule has 0 saturated carbocycles. The van der Waals surface area contributed by atoms with Gasteiger partial charge in [-0.05, 0) is 31.2 Å². The molecule has 2 aromatic heterocycles. The predicted molar refractivity (Wildman–Crippen MR) is 74.2 cm³/mol. The van der Waals surface area contributed by atoms with Crippen molar-refractivity contribution in [2.45, 2.75) is 13.3 Å². The van der Waals surface area contributed by atoms with Crippen molar-refractivity contribution in [1.82, 2.24) is 19.5 Å². The fraction of sp³-hybridized carbons (Fsp3) is 0.214. The van der Waals surface area contributed by atoms with Crippen LogP contribution in [-0.2, 0) is 6.42 Å². The summed E-state index contributed by atoms with van der Waals surface area (Å²) in [6.07, 6.45) is 4.32. The van der Waals surface area contributed by atoms with Crippen LogP contribution < -0.4 is 5.73 Å². The highest BCUT2D eigenvalue weighted by atomic mass is 15.2. The van der Waals surface area contributed by atoms with E-state index < -0.39 is 0 Å². The average Bonchev–Trinajstić information content (AvgIpc) is 2.78. The monoisotopic (exact) mass is 253 g/mol. The molecule has 0 aliphatic carbocycles. The number of hydrogen-bond donors (Lipinski definition) is 1. The Kier molecular flexibility index (Phi) is 2.97. The quantitative estimate of drug-likeness (QED) is 0.770. The van der Waals surface area contributed by atoms with Crippen LogP contribution in [0, 0.1) is 6.92 Å². The van der Waals surface area contributed by atoms with Gasteiger partial charge in [-0.1, -0.05) is 12.1 Å². The minimum absolute atomic E-state index is 0.551. The van der Waals surface area contributed by atoms with E-state index in [1.54, 1.807) is 0 Å². The zero-order chi connectivity index (χ0) is 13.2. The molecule has 0 saturated heterocycles. The van der Waals surface area contributed by atoms with Crippen molar-refractivity contribution in [3.8, 4) is 5.95 Å². The summed E-state index contributed by atoms with van der Waals surface area (Å²) in [6, 6.07) is 7.97. The summed E-state index contributed by atoms with van der Waals surface area (Å²) in [4.78, 5) is 13.4. The van der Waals surface area contributed by atoms with E-state index in [0.717, 1.165) is 22.4 Å². The lowest BCUT2D eigenvalue weighted by Gasteiger charge is -2.06. The van der Waals surface area contributed by atoms with Gasteiger partial charge in [0.05, 0.1) is 11.0 Å². The van der Waals surface area contributed by atoms with E-state index in [4.69, 9.17) is 5.73 Å². The van der Waals surface area contributed by atoms with Gasteiger partial charge in [-0.3, -0.25) is 4.57 Å². The van der Waals surface area contributed by atoms with Crippen molar-refractivity contribution >= 4 is 11.0 Å². The van der Waals surface area contributed by atoms with E-state index in [2.05, 4.69) is 15.0 Å². The summed E-state index contributed by atoms with van der Waals surface area (Å²) >= 11 is 0. The highest BCUT2D eigenvalue weighted by molar-refractivity contribution is 5.77. The van der Waals surface area contributed by atoms with Crippen molar-refractivity contribution in [2.24, 2.45) is 5.73 Å². The van der Waals surface area contributed by atoms with Crippen LogP contribution in [0.3, 0.4) is 0 Å². The van der Waals surface area contributed by atoms with Gasteiger partial charge < -0.3 is 5.73 Å². The van der Waals surface area contributed by atoms with Crippen molar-refractivity contribution in [3.63, 3.8) is 0 Å². The Labute approximate surface area is 111 Å². The summed E-state index contributed by atoms with van der Waals surface area (Å²) in [5, 5.41) is 0. The molecule has 0 atom stereocenters. The molecule has 3 aromatic rings. The Morgan fingerprint density at radius 3 is 2.63 bits per heavy atom. The Morgan fingerprint density at radius 2 is 1.89 bits per heavy atom. The molecule has 0 amide bonds. The molecule has 2 N–H and O–H groups in total. The number of aromatic nitrogens is 4. The van der Waals surface area contributed by atoms with E-state index in [9.17, 15) is 0 Å². The second kappa shape index (κ2) is 4.78. The van der Waals surface area contributed by atoms with Crippen molar-refractivity contribution in [2.75, 3.05) is 6.54 Å². The number of imidazole rings is 1. The van der Waals surface area contributed by atoms with Crippen molar-refractivity contribution in [3.05, 3.63) is 48.0 Å². The predicted octanol–water partition coefficient (Wildman–Crippen LogP) is 1.63. The molecule has 0 bridgehead atoms. The topological polar surface area (TPSA) is 69.6 Å². The van der Waals surface area contributed by atoms with Crippen LogP contribution in [0.2, 0.25) is 0 Å². The van der Waals surface area contributed by atoms with Gasteiger partial charge in [0.1, 0.15) is 5.82 Å². The SMILES string of the molecule is Cc1cnc(-n2c(CCN)nc3ccccc32)nc1. The third-order valence-electron chi connectivity index (χ3n) is 2.97. The van der Waals surface area contributed by atoms with Crippen LogP contribution >= 0.6 is 0 Å². The smallest absolute Gasteiger partial charge is 0.235 e. The third-order valence-corrected chi connectivity index (χ3v) is 2.97. The van der Waals surface area contributed by atoms with Crippen molar-refractivity contribution < 1.29 is 0 Å². The number of benzene rings is 1. The fourth-order valence-corrected chi connectivity index (χ4v) is 2.10. The molecule has 0 aliphatic rings. The number of nitrogens with zero attached hydrogens (tertiary/aromatic N) is 4. The lowest BCUT2D eigenvalue weighted by Crippen LogP contribution is -2.11. The van der Waals surface area contributed by atoms with Gasteiger partial charge >= 0.3 is 0 Å². The van der Waals surface area contributed by atoms with E-state index in [1.807, 2.05) is 48.1 Å². The third kappa shape index (κ3) is 2.08. The van der Waals surface area contributed by atoms with Crippen molar-refractivity contribution in [1.29, 1.82) is 0 Å². The molecule has 5 nitrogen and oxygen atoms in total.